The van der Waals surface area contributed by atoms with E-state index in [0.29, 0.717) is 0 Å². The van der Waals surface area contributed by atoms with Crippen LogP contribution in [0, 0.1) is 0 Å². The zero-order chi connectivity index (χ0) is 18.7. The van der Waals surface area contributed by atoms with E-state index in [1.807, 2.05) is 6.07 Å². The molecule has 1 N–H and O–H groups in total. The van der Waals surface area contributed by atoms with Crippen molar-refractivity contribution < 1.29 is 32.6 Å². The van der Waals surface area contributed by atoms with E-state index < -0.39 is 31.1 Å². The third-order valence-electron chi connectivity index (χ3n) is 2.56. The smallest absolute Gasteiger partial charge is 0.333 e. The summed E-state index contributed by atoms with van der Waals surface area (Å²) < 4.78 is 40.6. The molecule has 132 valence electrons. The van der Waals surface area contributed by atoms with Gasteiger partial charge in [0.25, 0.3) is 6.43 Å². The molecule has 0 saturated heterocycles. The molecule has 0 aliphatic carbocycles. The Labute approximate surface area is 138 Å². The summed E-state index contributed by atoms with van der Waals surface area (Å²) in [6.07, 6.45) is -5.37. The first-order valence-corrected chi connectivity index (χ1v) is 6.85. The van der Waals surface area contributed by atoms with Crippen LogP contribution in [0.15, 0.2) is 54.6 Å². The van der Waals surface area contributed by atoms with Gasteiger partial charge in [-0.3, -0.25) is 0 Å². The van der Waals surface area contributed by atoms with Gasteiger partial charge in [-0.05, 0) is 12.5 Å². The molecule has 4 nitrogen and oxygen atoms in total. The molecule has 1 atom stereocenters. The summed E-state index contributed by atoms with van der Waals surface area (Å²) in [5, 5.41) is 7.89. The second kappa shape index (κ2) is 11.0. The molecule has 0 amide bonds. The monoisotopic (exact) mass is 344 g/mol. The Morgan fingerprint density at radius 1 is 1.17 bits per heavy atom. The number of aliphatic carboxylic acids is 1. The summed E-state index contributed by atoms with van der Waals surface area (Å²) >= 11 is 0. The van der Waals surface area contributed by atoms with Crippen molar-refractivity contribution in [2.45, 2.75) is 25.9 Å². The number of esters is 1. The van der Waals surface area contributed by atoms with Gasteiger partial charge in [0.05, 0.1) is 0 Å². The number of halogens is 3. The fraction of sp³-hybridized carbons (Fsp3) is 0.294. The maximum Gasteiger partial charge on any atom is 0.333 e. The van der Waals surface area contributed by atoms with Crippen molar-refractivity contribution in [2.75, 3.05) is 6.61 Å². The minimum absolute atomic E-state index is 0.0997. The average Bonchev–Trinajstić information content (AvgIpc) is 2.53. The summed E-state index contributed by atoms with van der Waals surface area (Å²) in [6.45, 7) is 7.14. The number of carbonyl (C=O) groups excluding carboxylic acids is 1. The maximum absolute atomic E-state index is 12.5. The number of benzene rings is 1. The highest BCUT2D eigenvalue weighted by molar-refractivity contribution is 5.88. The van der Waals surface area contributed by atoms with Crippen molar-refractivity contribution in [2.24, 2.45) is 0 Å². The molecule has 0 aliphatic heterocycles. The lowest BCUT2D eigenvalue weighted by Crippen LogP contribution is -2.22. The van der Waals surface area contributed by atoms with Crippen molar-refractivity contribution in [1.29, 1.82) is 0 Å². The zero-order valence-corrected chi connectivity index (χ0v) is 13.2. The summed E-state index contributed by atoms with van der Waals surface area (Å²) in [5.74, 6) is -1.79. The van der Waals surface area contributed by atoms with Gasteiger partial charge in [0.2, 0.25) is 0 Å². The standard InChI is InChI=1S/C13H13F3O2.C4H6O2/c1-9(7-10-5-3-2-4-6-10)13(17)18-8-11(14)12(15)16;1-3(2)4(5)6/h2-6,11-12H,1,7-8H2;1H2,2H3,(H,5,6). The molecule has 0 heterocycles. The van der Waals surface area contributed by atoms with Gasteiger partial charge in [0.1, 0.15) is 6.61 Å². The van der Waals surface area contributed by atoms with Crippen molar-refractivity contribution in [3.63, 3.8) is 0 Å². The molecule has 1 aromatic carbocycles. The lowest BCUT2D eigenvalue weighted by molar-refractivity contribution is -0.142. The molecule has 0 spiro atoms. The summed E-state index contributed by atoms with van der Waals surface area (Å²) in [5.41, 5.74) is 1.11. The summed E-state index contributed by atoms with van der Waals surface area (Å²) in [7, 11) is 0. The summed E-state index contributed by atoms with van der Waals surface area (Å²) in [4.78, 5) is 20.9. The van der Waals surface area contributed by atoms with E-state index in [2.05, 4.69) is 17.9 Å². The quantitative estimate of drug-likeness (QED) is 0.607. The number of carboxylic acids is 1. The molecule has 7 heteroatoms. The van der Waals surface area contributed by atoms with Crippen LogP contribution in [0.25, 0.3) is 0 Å². The van der Waals surface area contributed by atoms with Gasteiger partial charge in [0.15, 0.2) is 6.17 Å². The Bertz CT molecular complexity index is 558. The Balaban J connectivity index is 0.000000754. The van der Waals surface area contributed by atoms with Crippen molar-refractivity contribution in [3.05, 3.63) is 60.2 Å². The molecule has 0 fully saturated rings. The van der Waals surface area contributed by atoms with Gasteiger partial charge in [0, 0.05) is 17.6 Å². The largest absolute Gasteiger partial charge is 0.478 e. The molecule has 0 radical (unpaired) electrons. The number of ether oxygens (including phenoxy) is 1. The van der Waals surface area contributed by atoms with Gasteiger partial charge < -0.3 is 9.84 Å². The Morgan fingerprint density at radius 3 is 2.08 bits per heavy atom. The SMILES string of the molecule is C=C(C)C(=O)O.C=C(Cc1ccccc1)C(=O)OCC(F)C(F)F. The van der Waals surface area contributed by atoms with Crippen LogP contribution in [-0.2, 0) is 20.7 Å². The molecular weight excluding hydrogens is 325 g/mol. The highest BCUT2D eigenvalue weighted by atomic mass is 19.3. The van der Waals surface area contributed by atoms with Crippen LogP contribution in [0.1, 0.15) is 12.5 Å². The first-order chi connectivity index (χ1) is 11.1. The molecule has 24 heavy (non-hydrogen) atoms. The minimum atomic E-state index is -3.15. The van der Waals surface area contributed by atoms with Crippen LogP contribution in [0.3, 0.4) is 0 Å². The maximum atomic E-state index is 12.5. The molecule has 1 aromatic rings. The summed E-state index contributed by atoms with van der Waals surface area (Å²) in [6, 6.07) is 8.98. The van der Waals surface area contributed by atoms with E-state index in [1.165, 1.54) is 6.92 Å². The highest BCUT2D eigenvalue weighted by Crippen LogP contribution is 2.10. The zero-order valence-electron chi connectivity index (χ0n) is 13.2. The number of carboxylic acid groups (broad SMARTS) is 1. The van der Waals surface area contributed by atoms with Crippen molar-refractivity contribution in [1.82, 2.24) is 0 Å². The Kier molecular flexibility index (Phi) is 9.86. The fourth-order valence-corrected chi connectivity index (χ4v) is 1.24. The van der Waals surface area contributed by atoms with Crippen LogP contribution in [0.2, 0.25) is 0 Å². The molecule has 0 saturated carbocycles. The van der Waals surface area contributed by atoms with Crippen LogP contribution in [-0.4, -0.2) is 36.2 Å². The first kappa shape index (κ1) is 21.4. The van der Waals surface area contributed by atoms with Gasteiger partial charge in [-0.15, -0.1) is 0 Å². The lowest BCUT2D eigenvalue weighted by Gasteiger charge is -2.09. The normalized spacial score (nSPS) is 11.0. The molecular formula is C17H19F3O4. The second-order valence-corrected chi connectivity index (χ2v) is 4.80. The molecule has 1 unspecified atom stereocenters. The molecule has 0 aromatic heterocycles. The minimum Gasteiger partial charge on any atom is -0.478 e. The van der Waals surface area contributed by atoms with Crippen molar-refractivity contribution in [3.8, 4) is 0 Å². The number of alkyl halides is 3. The van der Waals surface area contributed by atoms with Crippen molar-refractivity contribution >= 4 is 11.9 Å². The predicted octanol–water partition coefficient (Wildman–Crippen LogP) is 3.58. The number of rotatable bonds is 7. The van der Waals surface area contributed by atoms with Gasteiger partial charge in [-0.1, -0.05) is 43.5 Å². The second-order valence-electron chi connectivity index (χ2n) is 4.80. The highest BCUT2D eigenvalue weighted by Gasteiger charge is 2.21. The number of hydrogen-bond acceptors (Lipinski definition) is 3. The molecule has 1 rings (SSSR count). The van der Waals surface area contributed by atoms with Crippen LogP contribution in [0.4, 0.5) is 13.2 Å². The van der Waals surface area contributed by atoms with E-state index in [1.54, 1.807) is 24.3 Å². The van der Waals surface area contributed by atoms with E-state index >= 15 is 0 Å². The Hall–Kier alpha value is -2.57. The third kappa shape index (κ3) is 9.45. The molecule has 0 bridgehead atoms. The number of hydrogen-bond donors (Lipinski definition) is 1. The third-order valence-corrected chi connectivity index (χ3v) is 2.56. The topological polar surface area (TPSA) is 63.6 Å². The first-order valence-electron chi connectivity index (χ1n) is 6.85. The fourth-order valence-electron chi connectivity index (χ4n) is 1.24. The van der Waals surface area contributed by atoms with Gasteiger partial charge in [-0.25, -0.2) is 22.8 Å². The Morgan fingerprint density at radius 2 is 1.67 bits per heavy atom. The van der Waals surface area contributed by atoms with E-state index in [-0.39, 0.29) is 17.6 Å². The molecule has 0 aliphatic rings. The van der Waals surface area contributed by atoms with E-state index in [0.717, 1.165) is 5.56 Å². The van der Waals surface area contributed by atoms with Gasteiger partial charge >= 0.3 is 11.9 Å². The van der Waals surface area contributed by atoms with E-state index in [4.69, 9.17) is 5.11 Å². The van der Waals surface area contributed by atoms with Gasteiger partial charge in [-0.2, -0.15) is 0 Å². The van der Waals surface area contributed by atoms with Crippen LogP contribution >= 0.6 is 0 Å². The number of carbonyl (C=O) groups is 2. The average molecular weight is 344 g/mol. The van der Waals surface area contributed by atoms with E-state index in [9.17, 15) is 22.8 Å². The van der Waals surface area contributed by atoms with Crippen LogP contribution < -0.4 is 0 Å². The predicted molar refractivity (Wildman–Crippen MR) is 83.6 cm³/mol. The lowest BCUT2D eigenvalue weighted by atomic mass is 10.1. The van der Waals surface area contributed by atoms with Crippen LogP contribution in [0.5, 0.6) is 0 Å².